The SMILES string of the molecule is [O]C(CO)OCO. The smallest absolute Gasteiger partial charge is 0.216 e. The van der Waals surface area contributed by atoms with Crippen molar-refractivity contribution in [2.45, 2.75) is 6.29 Å². The zero-order chi connectivity index (χ0) is 5.70. The molecule has 2 N–H and O–H groups in total. The van der Waals surface area contributed by atoms with E-state index in [1.807, 2.05) is 0 Å². The van der Waals surface area contributed by atoms with Gasteiger partial charge in [-0.3, -0.25) is 0 Å². The van der Waals surface area contributed by atoms with E-state index in [4.69, 9.17) is 10.2 Å². The van der Waals surface area contributed by atoms with Crippen LogP contribution in [0.1, 0.15) is 0 Å². The van der Waals surface area contributed by atoms with Crippen LogP contribution in [0.25, 0.3) is 0 Å². The number of rotatable bonds is 3. The van der Waals surface area contributed by atoms with Gasteiger partial charge in [0.25, 0.3) is 0 Å². The predicted molar refractivity (Wildman–Crippen MR) is 19.7 cm³/mol. The van der Waals surface area contributed by atoms with Gasteiger partial charge in [0.2, 0.25) is 6.29 Å². The van der Waals surface area contributed by atoms with E-state index in [1.165, 1.54) is 0 Å². The minimum Gasteiger partial charge on any atom is -0.391 e. The van der Waals surface area contributed by atoms with Crippen LogP contribution in [0.4, 0.5) is 0 Å². The first kappa shape index (κ1) is 6.84. The zero-order valence-electron chi connectivity index (χ0n) is 3.70. The molecule has 4 nitrogen and oxygen atoms in total. The third-order valence-corrected chi connectivity index (χ3v) is 0.409. The maximum Gasteiger partial charge on any atom is 0.216 e. The Morgan fingerprint density at radius 1 is 1.57 bits per heavy atom. The van der Waals surface area contributed by atoms with Crippen LogP contribution in [0.3, 0.4) is 0 Å². The van der Waals surface area contributed by atoms with Crippen LogP contribution in [-0.4, -0.2) is 29.9 Å². The lowest BCUT2D eigenvalue weighted by atomic mass is 10.7. The van der Waals surface area contributed by atoms with Crippen LogP contribution in [0.2, 0.25) is 0 Å². The summed E-state index contributed by atoms with van der Waals surface area (Å²) < 4.78 is 3.94. The second-order valence-electron chi connectivity index (χ2n) is 0.908. The predicted octanol–water partition coefficient (Wildman–Crippen LogP) is -1.30. The Hall–Kier alpha value is -0.160. The van der Waals surface area contributed by atoms with Crippen molar-refractivity contribution in [2.75, 3.05) is 13.4 Å². The van der Waals surface area contributed by atoms with Gasteiger partial charge in [-0.25, -0.2) is 0 Å². The lowest BCUT2D eigenvalue weighted by Gasteiger charge is -2.00. The van der Waals surface area contributed by atoms with Crippen molar-refractivity contribution in [3.63, 3.8) is 0 Å². The van der Waals surface area contributed by atoms with Gasteiger partial charge in [0.1, 0.15) is 6.79 Å². The van der Waals surface area contributed by atoms with Gasteiger partial charge in [-0.15, -0.1) is 0 Å². The molecule has 1 unspecified atom stereocenters. The molecule has 0 saturated heterocycles. The van der Waals surface area contributed by atoms with Gasteiger partial charge in [0.05, 0.1) is 6.61 Å². The average molecular weight is 107 g/mol. The number of hydrogen-bond donors (Lipinski definition) is 2. The van der Waals surface area contributed by atoms with Gasteiger partial charge in [0, 0.05) is 0 Å². The first-order valence-electron chi connectivity index (χ1n) is 1.80. The van der Waals surface area contributed by atoms with Crippen LogP contribution in [0, 0.1) is 0 Å². The third kappa shape index (κ3) is 3.68. The van der Waals surface area contributed by atoms with Crippen molar-refractivity contribution in [3.8, 4) is 0 Å². The molecular formula is C3H7O4. The van der Waals surface area contributed by atoms with E-state index in [0.29, 0.717) is 0 Å². The Balaban J connectivity index is 2.83. The molecule has 43 valence electrons. The number of aliphatic hydroxyl groups excluding tert-OH is 2. The van der Waals surface area contributed by atoms with E-state index in [1.54, 1.807) is 0 Å². The van der Waals surface area contributed by atoms with Crippen molar-refractivity contribution < 1.29 is 20.1 Å². The Kier molecular flexibility index (Phi) is 3.92. The fourth-order valence-electron chi connectivity index (χ4n) is 0.136. The fraction of sp³-hybridized carbons (Fsp3) is 1.00. The Labute approximate surface area is 41.0 Å². The van der Waals surface area contributed by atoms with E-state index in [0.717, 1.165) is 0 Å². The Morgan fingerprint density at radius 2 is 2.14 bits per heavy atom. The van der Waals surface area contributed by atoms with E-state index in [2.05, 4.69) is 4.74 Å². The normalized spacial score (nSPS) is 14.1. The summed E-state index contributed by atoms with van der Waals surface area (Å²) in [6.07, 6.45) is -1.50. The van der Waals surface area contributed by atoms with Crippen molar-refractivity contribution in [1.29, 1.82) is 0 Å². The maximum atomic E-state index is 9.86. The third-order valence-electron chi connectivity index (χ3n) is 0.409. The zero-order valence-corrected chi connectivity index (χ0v) is 3.70. The summed E-state index contributed by atoms with van der Waals surface area (Å²) in [5, 5.41) is 25.6. The molecule has 4 heteroatoms. The molecule has 0 fully saturated rings. The van der Waals surface area contributed by atoms with Crippen LogP contribution in [0.15, 0.2) is 0 Å². The van der Waals surface area contributed by atoms with Gasteiger partial charge >= 0.3 is 0 Å². The largest absolute Gasteiger partial charge is 0.391 e. The van der Waals surface area contributed by atoms with Gasteiger partial charge in [-0.2, -0.15) is 5.11 Å². The van der Waals surface area contributed by atoms with Crippen molar-refractivity contribution in [2.24, 2.45) is 0 Å². The molecule has 0 aromatic heterocycles. The molecule has 0 aliphatic heterocycles. The lowest BCUT2D eigenvalue weighted by molar-refractivity contribution is -0.196. The van der Waals surface area contributed by atoms with Crippen molar-refractivity contribution in [1.82, 2.24) is 0 Å². The standard InChI is InChI=1S/C3H7O4/c4-1-3(6)7-2-5/h3-5H,1-2H2. The number of ether oxygens (including phenoxy) is 1. The molecule has 1 atom stereocenters. The highest BCUT2D eigenvalue weighted by molar-refractivity contribution is 4.26. The quantitative estimate of drug-likeness (QED) is 0.440. The van der Waals surface area contributed by atoms with Crippen LogP contribution >= 0.6 is 0 Å². The summed E-state index contributed by atoms with van der Waals surface area (Å²) in [5.74, 6) is 0. The summed E-state index contributed by atoms with van der Waals surface area (Å²) in [6, 6.07) is 0. The molecule has 0 aromatic carbocycles. The molecule has 7 heavy (non-hydrogen) atoms. The molecule has 0 rings (SSSR count). The van der Waals surface area contributed by atoms with Gasteiger partial charge in [0.15, 0.2) is 0 Å². The summed E-state index contributed by atoms with van der Waals surface area (Å²) in [7, 11) is 0. The highest BCUT2D eigenvalue weighted by Gasteiger charge is 1.99. The molecule has 0 saturated carbocycles. The molecule has 0 heterocycles. The molecule has 1 radical (unpaired) electrons. The lowest BCUT2D eigenvalue weighted by Crippen LogP contribution is -2.14. The summed E-state index contributed by atoms with van der Waals surface area (Å²) in [6.45, 7) is -1.23. The van der Waals surface area contributed by atoms with E-state index >= 15 is 0 Å². The summed E-state index contributed by atoms with van der Waals surface area (Å²) in [5.41, 5.74) is 0. The van der Waals surface area contributed by atoms with E-state index in [9.17, 15) is 5.11 Å². The van der Waals surface area contributed by atoms with Crippen LogP contribution in [-0.2, 0) is 9.84 Å². The van der Waals surface area contributed by atoms with Gasteiger partial charge in [-0.1, -0.05) is 0 Å². The minimum absolute atomic E-state index is 0.597. The topological polar surface area (TPSA) is 69.6 Å². The van der Waals surface area contributed by atoms with Gasteiger partial charge < -0.3 is 14.9 Å². The molecular weight excluding hydrogens is 100 g/mol. The Morgan fingerprint density at radius 3 is 2.29 bits per heavy atom. The molecule has 0 aliphatic carbocycles. The number of hydrogen-bond acceptors (Lipinski definition) is 3. The average Bonchev–Trinajstić information content (AvgIpc) is 1.68. The first-order valence-corrected chi connectivity index (χ1v) is 1.80. The van der Waals surface area contributed by atoms with E-state index < -0.39 is 19.7 Å². The molecule has 0 aliphatic rings. The highest BCUT2D eigenvalue weighted by Crippen LogP contribution is 1.80. The van der Waals surface area contributed by atoms with Crippen LogP contribution in [0.5, 0.6) is 0 Å². The molecule has 0 aromatic rings. The first-order chi connectivity index (χ1) is 3.31. The molecule has 0 bridgehead atoms. The Bertz CT molecular complexity index is 37.9. The summed E-state index contributed by atoms with van der Waals surface area (Å²) in [4.78, 5) is 0. The van der Waals surface area contributed by atoms with Crippen LogP contribution < -0.4 is 0 Å². The maximum absolute atomic E-state index is 9.86. The highest BCUT2D eigenvalue weighted by atomic mass is 16.7. The molecule has 0 spiro atoms. The second-order valence-corrected chi connectivity index (χ2v) is 0.908. The fourth-order valence-corrected chi connectivity index (χ4v) is 0.136. The monoisotopic (exact) mass is 107 g/mol. The molecule has 0 amide bonds. The second kappa shape index (κ2) is 4.01. The van der Waals surface area contributed by atoms with Gasteiger partial charge in [-0.05, 0) is 0 Å². The minimum atomic E-state index is -1.50. The van der Waals surface area contributed by atoms with Crippen molar-refractivity contribution >= 4 is 0 Å². The summed E-state index contributed by atoms with van der Waals surface area (Å²) >= 11 is 0. The van der Waals surface area contributed by atoms with Crippen molar-refractivity contribution in [3.05, 3.63) is 0 Å². The number of aliphatic hydroxyl groups is 2. The van der Waals surface area contributed by atoms with E-state index in [-0.39, 0.29) is 0 Å².